The van der Waals surface area contributed by atoms with Crippen molar-refractivity contribution in [3.63, 3.8) is 0 Å². The van der Waals surface area contributed by atoms with Crippen molar-refractivity contribution in [2.45, 2.75) is 64.1 Å². The molecular formula is C36H47NO2Si2. The molecule has 0 saturated heterocycles. The zero-order valence-electron chi connectivity index (χ0n) is 25.6. The fourth-order valence-electron chi connectivity index (χ4n) is 6.20. The van der Waals surface area contributed by atoms with Gasteiger partial charge in [0, 0.05) is 19.3 Å². The first-order valence-corrected chi connectivity index (χ1v) is 18.6. The van der Waals surface area contributed by atoms with Crippen molar-refractivity contribution in [1.82, 2.24) is 0 Å². The zero-order chi connectivity index (χ0) is 29.6. The van der Waals surface area contributed by atoms with Gasteiger partial charge in [0.15, 0.2) is 0 Å². The van der Waals surface area contributed by atoms with Crippen LogP contribution in [0.25, 0.3) is 0 Å². The summed E-state index contributed by atoms with van der Waals surface area (Å²) in [4.78, 5) is 0. The molecule has 0 saturated carbocycles. The molecular weight excluding hydrogens is 535 g/mol. The van der Waals surface area contributed by atoms with Crippen molar-refractivity contribution in [2.75, 3.05) is 13.2 Å². The van der Waals surface area contributed by atoms with Gasteiger partial charge in [-0.1, -0.05) is 163 Å². The number of hydrogen-bond donors (Lipinski definition) is 1. The third-order valence-electron chi connectivity index (χ3n) is 8.15. The van der Waals surface area contributed by atoms with Gasteiger partial charge >= 0.3 is 0 Å². The Labute approximate surface area is 250 Å². The fraction of sp³-hybridized carbons (Fsp3) is 0.333. The van der Waals surface area contributed by atoms with Gasteiger partial charge in [-0.05, 0) is 37.2 Å². The van der Waals surface area contributed by atoms with Crippen LogP contribution >= 0.6 is 0 Å². The highest BCUT2D eigenvalue weighted by molar-refractivity contribution is 7.00. The van der Waals surface area contributed by atoms with Gasteiger partial charge in [0.2, 0.25) is 0 Å². The maximum Gasteiger partial charge on any atom is 0.261 e. The SMILES string of the molecule is CC(C)(C)[Si](OCC[C@H](N)CO[Si](c1ccccc1)(c1ccccc1)C(C)(C)C)(c1ccccc1)c1ccccc1. The lowest BCUT2D eigenvalue weighted by molar-refractivity contribution is 0.230. The first kappa shape index (κ1) is 31.1. The molecule has 0 unspecified atom stereocenters. The molecule has 0 radical (unpaired) electrons. The summed E-state index contributed by atoms with van der Waals surface area (Å²) in [6.07, 6.45) is 0.725. The molecule has 5 heteroatoms. The van der Waals surface area contributed by atoms with E-state index in [0.717, 1.165) is 6.42 Å². The number of hydrogen-bond acceptors (Lipinski definition) is 3. The summed E-state index contributed by atoms with van der Waals surface area (Å²) in [5, 5.41) is 4.97. The predicted octanol–water partition coefficient (Wildman–Crippen LogP) is 5.86. The highest BCUT2D eigenvalue weighted by atomic mass is 28.4. The summed E-state index contributed by atoms with van der Waals surface area (Å²) in [5.74, 6) is 0. The molecule has 0 heterocycles. The van der Waals surface area contributed by atoms with Crippen LogP contribution < -0.4 is 26.5 Å². The zero-order valence-corrected chi connectivity index (χ0v) is 27.6. The smallest absolute Gasteiger partial charge is 0.261 e. The van der Waals surface area contributed by atoms with E-state index < -0.39 is 16.6 Å². The standard InChI is InChI=1S/C36H47NO2Si2/c1-35(2,3)40(31-19-11-7-12-20-31,32-21-13-8-14-22-32)38-28-27-30(37)29-39-41(36(4,5)6,33-23-15-9-16-24-33)34-25-17-10-18-26-34/h7-26,30H,27-29,37H2,1-6H3/t30-/m0/s1. The van der Waals surface area contributed by atoms with Gasteiger partial charge in [-0.25, -0.2) is 0 Å². The van der Waals surface area contributed by atoms with Crippen molar-refractivity contribution < 1.29 is 8.85 Å². The lowest BCUT2D eigenvalue weighted by Crippen LogP contribution is -2.67. The normalized spacial score (nSPS) is 13.6. The molecule has 0 spiro atoms. The summed E-state index contributed by atoms with van der Waals surface area (Å²) < 4.78 is 14.2. The molecule has 4 aromatic rings. The summed E-state index contributed by atoms with van der Waals surface area (Å²) >= 11 is 0. The van der Waals surface area contributed by atoms with E-state index in [-0.39, 0.29) is 16.1 Å². The van der Waals surface area contributed by atoms with Crippen LogP contribution in [-0.4, -0.2) is 35.9 Å². The molecule has 0 bridgehead atoms. The second-order valence-corrected chi connectivity index (χ2v) is 21.6. The molecule has 2 N–H and O–H groups in total. The molecule has 0 aliphatic rings. The highest BCUT2D eigenvalue weighted by Crippen LogP contribution is 2.38. The minimum Gasteiger partial charge on any atom is -0.407 e. The van der Waals surface area contributed by atoms with Crippen molar-refractivity contribution in [3.05, 3.63) is 121 Å². The van der Waals surface area contributed by atoms with E-state index in [0.29, 0.717) is 13.2 Å². The molecule has 0 amide bonds. The quantitative estimate of drug-likeness (QED) is 0.226. The Kier molecular flexibility index (Phi) is 9.88. The maximum atomic E-state index is 7.12. The van der Waals surface area contributed by atoms with Crippen LogP contribution in [0.5, 0.6) is 0 Å². The Hall–Kier alpha value is -2.81. The van der Waals surface area contributed by atoms with Crippen LogP contribution in [0.15, 0.2) is 121 Å². The van der Waals surface area contributed by atoms with Crippen LogP contribution in [0.4, 0.5) is 0 Å². The lowest BCUT2D eigenvalue weighted by atomic mass is 10.2. The van der Waals surface area contributed by atoms with Crippen molar-refractivity contribution in [1.29, 1.82) is 0 Å². The summed E-state index contributed by atoms with van der Waals surface area (Å²) in [6.45, 7) is 14.9. The molecule has 41 heavy (non-hydrogen) atoms. The molecule has 3 nitrogen and oxygen atoms in total. The third-order valence-corrected chi connectivity index (χ3v) is 18.2. The van der Waals surface area contributed by atoms with Crippen LogP contribution in [0, 0.1) is 0 Å². The molecule has 216 valence electrons. The van der Waals surface area contributed by atoms with Crippen molar-refractivity contribution in [3.8, 4) is 0 Å². The van der Waals surface area contributed by atoms with E-state index in [9.17, 15) is 0 Å². The average molecular weight is 582 g/mol. The Balaban J connectivity index is 1.58. The number of nitrogens with two attached hydrogens (primary N) is 1. The van der Waals surface area contributed by atoms with Crippen LogP contribution in [0.2, 0.25) is 10.1 Å². The summed E-state index contributed by atoms with van der Waals surface area (Å²) in [5.41, 5.74) is 6.83. The lowest BCUT2D eigenvalue weighted by Gasteiger charge is -2.44. The second kappa shape index (κ2) is 13.0. The van der Waals surface area contributed by atoms with Gasteiger partial charge in [0.1, 0.15) is 0 Å². The van der Waals surface area contributed by atoms with Crippen LogP contribution in [0.3, 0.4) is 0 Å². The Morgan fingerprint density at radius 3 is 1.10 bits per heavy atom. The third kappa shape index (κ3) is 6.50. The minimum absolute atomic E-state index is 0.0643. The second-order valence-electron chi connectivity index (χ2n) is 13.0. The van der Waals surface area contributed by atoms with E-state index in [4.69, 9.17) is 14.6 Å². The Morgan fingerprint density at radius 2 is 0.805 bits per heavy atom. The van der Waals surface area contributed by atoms with Gasteiger partial charge < -0.3 is 14.6 Å². The number of benzene rings is 4. The Morgan fingerprint density at radius 1 is 0.512 bits per heavy atom. The van der Waals surface area contributed by atoms with E-state index in [1.54, 1.807) is 0 Å². The molecule has 1 atom stereocenters. The highest BCUT2D eigenvalue weighted by Gasteiger charge is 2.51. The van der Waals surface area contributed by atoms with E-state index in [2.05, 4.69) is 163 Å². The van der Waals surface area contributed by atoms with Gasteiger partial charge in [-0.2, -0.15) is 0 Å². The van der Waals surface area contributed by atoms with Crippen molar-refractivity contribution >= 4 is 37.4 Å². The van der Waals surface area contributed by atoms with Crippen LogP contribution in [-0.2, 0) is 8.85 Å². The molecule has 0 fully saturated rings. The Bertz CT molecular complexity index is 1260. The van der Waals surface area contributed by atoms with E-state index in [1.165, 1.54) is 20.7 Å². The monoisotopic (exact) mass is 581 g/mol. The number of rotatable bonds is 11. The van der Waals surface area contributed by atoms with Crippen LogP contribution in [0.1, 0.15) is 48.0 Å². The first-order valence-electron chi connectivity index (χ1n) is 14.8. The average Bonchev–Trinajstić information content (AvgIpc) is 2.96. The van der Waals surface area contributed by atoms with Gasteiger partial charge in [0.25, 0.3) is 16.6 Å². The van der Waals surface area contributed by atoms with Gasteiger partial charge in [-0.3, -0.25) is 0 Å². The molecule has 0 aromatic heterocycles. The van der Waals surface area contributed by atoms with Gasteiger partial charge in [-0.15, -0.1) is 0 Å². The van der Waals surface area contributed by atoms with Crippen molar-refractivity contribution in [2.24, 2.45) is 5.73 Å². The largest absolute Gasteiger partial charge is 0.407 e. The topological polar surface area (TPSA) is 44.5 Å². The van der Waals surface area contributed by atoms with E-state index in [1.807, 2.05) is 0 Å². The predicted molar refractivity (Wildman–Crippen MR) is 180 cm³/mol. The first-order chi connectivity index (χ1) is 19.5. The molecule has 0 aliphatic heterocycles. The maximum absolute atomic E-state index is 7.12. The molecule has 0 aliphatic carbocycles. The summed E-state index contributed by atoms with van der Waals surface area (Å²) in [6, 6.07) is 43.0. The molecule has 4 aromatic carbocycles. The van der Waals surface area contributed by atoms with E-state index >= 15 is 0 Å². The van der Waals surface area contributed by atoms with Gasteiger partial charge in [0.05, 0.1) is 0 Å². The fourth-order valence-corrected chi connectivity index (χ4v) is 15.4. The molecule has 4 rings (SSSR count). The summed E-state index contributed by atoms with van der Waals surface area (Å²) in [7, 11) is -5.23. The minimum atomic E-state index is -2.64.